The summed E-state index contributed by atoms with van der Waals surface area (Å²) in [5, 5.41) is 9.04. The number of halogens is 1. The van der Waals surface area contributed by atoms with Gasteiger partial charge in [-0.25, -0.2) is 4.39 Å². The zero-order valence-electron chi connectivity index (χ0n) is 11.1. The van der Waals surface area contributed by atoms with Crippen molar-refractivity contribution in [3.63, 3.8) is 0 Å². The van der Waals surface area contributed by atoms with Crippen LogP contribution < -0.4 is 4.74 Å². The van der Waals surface area contributed by atoms with E-state index in [1.54, 1.807) is 6.07 Å². The van der Waals surface area contributed by atoms with Crippen LogP contribution in [-0.4, -0.2) is 5.11 Å². The Balaban J connectivity index is 2.16. The van der Waals surface area contributed by atoms with E-state index in [1.807, 2.05) is 32.0 Å². The second-order valence-corrected chi connectivity index (χ2v) is 4.61. The van der Waals surface area contributed by atoms with Gasteiger partial charge < -0.3 is 9.84 Å². The van der Waals surface area contributed by atoms with Crippen molar-refractivity contribution in [2.24, 2.45) is 0 Å². The van der Waals surface area contributed by atoms with Crippen LogP contribution in [-0.2, 0) is 13.2 Å². The molecule has 0 bridgehead atoms. The molecular weight excluding hydrogens is 243 g/mol. The quantitative estimate of drug-likeness (QED) is 0.911. The Hall–Kier alpha value is -1.87. The first kappa shape index (κ1) is 13.6. The van der Waals surface area contributed by atoms with E-state index < -0.39 is 5.82 Å². The molecule has 0 spiro atoms. The maximum atomic E-state index is 13.3. The molecule has 2 aromatic carbocycles. The van der Waals surface area contributed by atoms with Gasteiger partial charge in [0.05, 0.1) is 6.61 Å². The lowest BCUT2D eigenvalue weighted by molar-refractivity contribution is 0.276. The van der Waals surface area contributed by atoms with Crippen LogP contribution >= 0.6 is 0 Å². The molecular formula is C16H17FO2. The molecule has 0 heterocycles. The molecule has 1 N–H and O–H groups in total. The number of benzene rings is 2. The molecule has 0 aliphatic heterocycles. The van der Waals surface area contributed by atoms with Gasteiger partial charge in [-0.05, 0) is 48.2 Å². The maximum Gasteiger partial charge on any atom is 0.127 e. The van der Waals surface area contributed by atoms with Crippen molar-refractivity contribution in [1.82, 2.24) is 0 Å². The average Bonchev–Trinajstić information content (AvgIpc) is 2.37. The van der Waals surface area contributed by atoms with Gasteiger partial charge in [-0.3, -0.25) is 0 Å². The molecule has 0 saturated heterocycles. The molecule has 0 amide bonds. The van der Waals surface area contributed by atoms with Gasteiger partial charge in [-0.1, -0.05) is 18.2 Å². The molecule has 0 unspecified atom stereocenters. The van der Waals surface area contributed by atoms with Gasteiger partial charge in [0.25, 0.3) is 0 Å². The number of rotatable bonds is 4. The molecule has 0 radical (unpaired) electrons. The number of hydrogen-bond donors (Lipinski definition) is 1. The van der Waals surface area contributed by atoms with Gasteiger partial charge in [0.15, 0.2) is 0 Å². The Morgan fingerprint density at radius 3 is 2.42 bits per heavy atom. The third kappa shape index (κ3) is 3.32. The lowest BCUT2D eigenvalue weighted by Gasteiger charge is -2.12. The highest BCUT2D eigenvalue weighted by Gasteiger charge is 2.05. The highest BCUT2D eigenvalue weighted by Crippen LogP contribution is 2.20. The number of aliphatic hydroxyl groups excluding tert-OH is 1. The van der Waals surface area contributed by atoms with Gasteiger partial charge >= 0.3 is 0 Å². The fraction of sp³-hybridized carbons (Fsp3) is 0.250. The minimum absolute atomic E-state index is 0.197. The molecule has 2 nitrogen and oxygen atoms in total. The topological polar surface area (TPSA) is 29.5 Å². The van der Waals surface area contributed by atoms with Crippen LogP contribution in [0.3, 0.4) is 0 Å². The van der Waals surface area contributed by atoms with Gasteiger partial charge in [0.1, 0.15) is 18.2 Å². The number of ether oxygens (including phenoxy) is 1. The molecule has 3 heteroatoms. The van der Waals surface area contributed by atoms with E-state index in [0.717, 1.165) is 16.7 Å². The predicted molar refractivity (Wildman–Crippen MR) is 72.6 cm³/mol. The van der Waals surface area contributed by atoms with E-state index in [9.17, 15) is 4.39 Å². The third-order valence-electron chi connectivity index (χ3n) is 3.14. The molecule has 0 aromatic heterocycles. The van der Waals surface area contributed by atoms with Gasteiger partial charge in [-0.2, -0.15) is 0 Å². The highest BCUT2D eigenvalue weighted by molar-refractivity contribution is 5.34. The maximum absolute atomic E-state index is 13.3. The molecule has 0 fully saturated rings. The summed E-state index contributed by atoms with van der Waals surface area (Å²) in [7, 11) is 0. The Bertz CT molecular complexity index is 559. The molecule has 0 aliphatic rings. The van der Waals surface area contributed by atoms with Crippen LogP contribution in [0.2, 0.25) is 0 Å². The van der Waals surface area contributed by atoms with E-state index in [1.165, 1.54) is 12.1 Å². The van der Waals surface area contributed by atoms with Gasteiger partial charge in [-0.15, -0.1) is 0 Å². The molecule has 0 atom stereocenters. The van der Waals surface area contributed by atoms with Crippen LogP contribution in [0.25, 0.3) is 0 Å². The summed E-state index contributed by atoms with van der Waals surface area (Å²) in [4.78, 5) is 0. The second-order valence-electron chi connectivity index (χ2n) is 4.61. The van der Waals surface area contributed by atoms with Crippen molar-refractivity contribution in [1.29, 1.82) is 0 Å². The van der Waals surface area contributed by atoms with E-state index in [0.29, 0.717) is 17.9 Å². The Morgan fingerprint density at radius 1 is 1.11 bits per heavy atom. The van der Waals surface area contributed by atoms with Gasteiger partial charge in [0, 0.05) is 6.07 Å². The largest absolute Gasteiger partial charge is 0.489 e. The smallest absolute Gasteiger partial charge is 0.127 e. The zero-order valence-corrected chi connectivity index (χ0v) is 11.1. The summed E-state index contributed by atoms with van der Waals surface area (Å²) in [6.45, 7) is 4.25. The normalized spacial score (nSPS) is 10.5. The van der Waals surface area contributed by atoms with E-state index in [2.05, 4.69) is 0 Å². The van der Waals surface area contributed by atoms with Crippen molar-refractivity contribution < 1.29 is 14.2 Å². The molecule has 0 aliphatic carbocycles. The molecule has 2 rings (SSSR count). The Morgan fingerprint density at radius 2 is 1.79 bits per heavy atom. The van der Waals surface area contributed by atoms with Crippen LogP contribution in [0.4, 0.5) is 4.39 Å². The molecule has 2 aromatic rings. The zero-order chi connectivity index (χ0) is 13.8. The Labute approximate surface area is 112 Å². The summed E-state index contributed by atoms with van der Waals surface area (Å²) in [6.07, 6.45) is 0. The summed E-state index contributed by atoms with van der Waals surface area (Å²) in [6, 6.07) is 10.3. The average molecular weight is 260 g/mol. The number of aryl methyl sites for hydroxylation is 2. The van der Waals surface area contributed by atoms with Crippen molar-refractivity contribution in [3.8, 4) is 5.75 Å². The molecule has 100 valence electrons. The number of hydrogen-bond acceptors (Lipinski definition) is 2. The predicted octanol–water partition coefficient (Wildman–Crippen LogP) is 3.51. The summed E-state index contributed by atoms with van der Waals surface area (Å²) >= 11 is 0. The van der Waals surface area contributed by atoms with Crippen molar-refractivity contribution >= 4 is 0 Å². The SMILES string of the molecule is Cc1cccc(C)c1COc1cc(F)cc(CO)c1. The fourth-order valence-corrected chi connectivity index (χ4v) is 2.03. The number of aliphatic hydroxyl groups is 1. The fourth-order valence-electron chi connectivity index (χ4n) is 2.03. The first-order valence-electron chi connectivity index (χ1n) is 6.18. The van der Waals surface area contributed by atoms with Crippen LogP contribution in [0.15, 0.2) is 36.4 Å². The molecule has 0 saturated carbocycles. The monoisotopic (exact) mass is 260 g/mol. The lowest BCUT2D eigenvalue weighted by Crippen LogP contribution is -2.01. The third-order valence-corrected chi connectivity index (χ3v) is 3.14. The standard InChI is InChI=1S/C16H17FO2/c1-11-4-3-5-12(2)16(11)10-19-15-7-13(9-18)6-14(17)8-15/h3-8,18H,9-10H2,1-2H3. The van der Waals surface area contributed by atoms with Crippen molar-refractivity contribution in [2.45, 2.75) is 27.1 Å². The van der Waals surface area contributed by atoms with E-state index >= 15 is 0 Å². The second kappa shape index (κ2) is 5.85. The van der Waals surface area contributed by atoms with Crippen LogP contribution in [0.5, 0.6) is 5.75 Å². The summed E-state index contributed by atoms with van der Waals surface area (Å²) in [5.41, 5.74) is 3.92. The van der Waals surface area contributed by atoms with Crippen molar-refractivity contribution in [2.75, 3.05) is 0 Å². The lowest BCUT2D eigenvalue weighted by atomic mass is 10.0. The van der Waals surface area contributed by atoms with E-state index in [-0.39, 0.29) is 6.61 Å². The van der Waals surface area contributed by atoms with E-state index in [4.69, 9.17) is 9.84 Å². The summed E-state index contributed by atoms with van der Waals surface area (Å²) in [5.74, 6) is 0.0368. The summed E-state index contributed by atoms with van der Waals surface area (Å²) < 4.78 is 18.9. The van der Waals surface area contributed by atoms with Gasteiger partial charge in [0.2, 0.25) is 0 Å². The first-order chi connectivity index (χ1) is 9.10. The highest BCUT2D eigenvalue weighted by atomic mass is 19.1. The molecule has 19 heavy (non-hydrogen) atoms. The first-order valence-corrected chi connectivity index (χ1v) is 6.18. The van der Waals surface area contributed by atoms with Crippen LogP contribution in [0.1, 0.15) is 22.3 Å². The van der Waals surface area contributed by atoms with Crippen LogP contribution in [0, 0.1) is 19.7 Å². The minimum atomic E-state index is -0.400. The van der Waals surface area contributed by atoms with Crippen molar-refractivity contribution in [3.05, 3.63) is 64.5 Å². The minimum Gasteiger partial charge on any atom is -0.489 e. The Kier molecular flexibility index (Phi) is 4.17.